The van der Waals surface area contributed by atoms with Crippen LogP contribution in [0.15, 0.2) is 18.2 Å². The Hall–Kier alpha value is 0.110. The molecule has 0 bridgehead atoms. The van der Waals surface area contributed by atoms with Gasteiger partial charge in [-0.2, -0.15) is 11.8 Å². The molecular weight excluding hydrogens is 285 g/mol. The van der Waals surface area contributed by atoms with Crippen LogP contribution in [0.1, 0.15) is 25.8 Å². The van der Waals surface area contributed by atoms with Gasteiger partial charge in [-0.25, -0.2) is 0 Å². The van der Waals surface area contributed by atoms with E-state index in [-0.39, 0.29) is 0 Å². The van der Waals surface area contributed by atoms with E-state index < -0.39 is 0 Å². The summed E-state index contributed by atoms with van der Waals surface area (Å²) in [6.45, 7) is 5.42. The van der Waals surface area contributed by atoms with Crippen LogP contribution in [-0.2, 0) is 6.42 Å². The number of thioether (sulfide) groups is 1. The molecule has 0 saturated carbocycles. The fourth-order valence-electron chi connectivity index (χ4n) is 1.76. The fourth-order valence-corrected chi connectivity index (χ4v) is 2.91. The molecule has 0 aromatic heterocycles. The zero-order chi connectivity index (χ0) is 13.4. The van der Waals surface area contributed by atoms with Crippen LogP contribution in [0.2, 0.25) is 10.0 Å². The first-order valence-corrected chi connectivity index (χ1v) is 8.33. The van der Waals surface area contributed by atoms with Crippen molar-refractivity contribution in [2.24, 2.45) is 0 Å². The molecule has 0 aliphatic rings. The Kier molecular flexibility index (Phi) is 8.16. The van der Waals surface area contributed by atoms with E-state index in [1.165, 1.54) is 0 Å². The van der Waals surface area contributed by atoms with Gasteiger partial charge in [-0.05, 0) is 48.9 Å². The van der Waals surface area contributed by atoms with Crippen molar-refractivity contribution in [3.8, 4) is 0 Å². The molecule has 0 aliphatic carbocycles. The highest BCUT2D eigenvalue weighted by molar-refractivity contribution is 7.99. The van der Waals surface area contributed by atoms with Crippen LogP contribution in [0.25, 0.3) is 0 Å². The standard InChI is InChI=1S/C14H21Cl2NS/c1-3-7-17-13(10-18-4-2)9-11-8-12(15)5-6-14(11)16/h5-6,8,13,17H,3-4,7,9-10H2,1-2H3. The third-order valence-electron chi connectivity index (χ3n) is 2.68. The highest BCUT2D eigenvalue weighted by atomic mass is 35.5. The van der Waals surface area contributed by atoms with Crippen LogP contribution in [0, 0.1) is 0 Å². The lowest BCUT2D eigenvalue weighted by Crippen LogP contribution is -2.34. The van der Waals surface area contributed by atoms with E-state index in [1.807, 2.05) is 30.0 Å². The Morgan fingerprint density at radius 3 is 2.72 bits per heavy atom. The maximum Gasteiger partial charge on any atom is 0.0439 e. The Balaban J connectivity index is 2.65. The molecule has 0 heterocycles. The molecule has 0 aliphatic heterocycles. The number of halogens is 2. The van der Waals surface area contributed by atoms with E-state index in [0.717, 1.165) is 46.5 Å². The van der Waals surface area contributed by atoms with Crippen molar-refractivity contribution in [1.29, 1.82) is 0 Å². The minimum Gasteiger partial charge on any atom is -0.313 e. The first-order chi connectivity index (χ1) is 8.67. The van der Waals surface area contributed by atoms with Crippen LogP contribution >= 0.6 is 35.0 Å². The van der Waals surface area contributed by atoms with Gasteiger partial charge in [0.15, 0.2) is 0 Å². The largest absolute Gasteiger partial charge is 0.313 e. The van der Waals surface area contributed by atoms with Crippen LogP contribution in [0.3, 0.4) is 0 Å². The molecule has 4 heteroatoms. The molecule has 0 spiro atoms. The molecular formula is C14H21Cl2NS. The van der Waals surface area contributed by atoms with Crippen LogP contribution < -0.4 is 5.32 Å². The first kappa shape index (κ1) is 16.2. The summed E-state index contributed by atoms with van der Waals surface area (Å²) in [6, 6.07) is 6.15. The fraction of sp³-hybridized carbons (Fsp3) is 0.571. The smallest absolute Gasteiger partial charge is 0.0439 e. The number of hydrogen-bond donors (Lipinski definition) is 1. The van der Waals surface area contributed by atoms with Gasteiger partial charge >= 0.3 is 0 Å². The summed E-state index contributed by atoms with van der Waals surface area (Å²) in [7, 11) is 0. The molecule has 1 nitrogen and oxygen atoms in total. The van der Waals surface area contributed by atoms with Gasteiger partial charge in [0.1, 0.15) is 0 Å². The van der Waals surface area contributed by atoms with Crippen molar-refractivity contribution < 1.29 is 0 Å². The quantitative estimate of drug-likeness (QED) is 0.750. The third-order valence-corrected chi connectivity index (χ3v) is 4.33. The topological polar surface area (TPSA) is 12.0 Å². The molecule has 1 aromatic rings. The van der Waals surface area contributed by atoms with Crippen molar-refractivity contribution in [3.63, 3.8) is 0 Å². The Morgan fingerprint density at radius 1 is 1.28 bits per heavy atom. The van der Waals surface area contributed by atoms with Crippen molar-refractivity contribution in [2.45, 2.75) is 32.7 Å². The highest BCUT2D eigenvalue weighted by Gasteiger charge is 2.11. The van der Waals surface area contributed by atoms with E-state index in [1.54, 1.807) is 0 Å². The van der Waals surface area contributed by atoms with E-state index in [4.69, 9.17) is 23.2 Å². The molecule has 1 unspecified atom stereocenters. The number of rotatable bonds is 8. The van der Waals surface area contributed by atoms with Crippen molar-refractivity contribution in [1.82, 2.24) is 5.32 Å². The maximum absolute atomic E-state index is 6.22. The molecule has 0 fully saturated rings. The highest BCUT2D eigenvalue weighted by Crippen LogP contribution is 2.22. The molecule has 102 valence electrons. The van der Waals surface area contributed by atoms with Crippen LogP contribution in [0.4, 0.5) is 0 Å². The predicted octanol–water partition coefficient (Wildman–Crippen LogP) is 4.66. The second kappa shape index (κ2) is 9.08. The third kappa shape index (κ3) is 5.83. The molecule has 0 amide bonds. The molecule has 1 aromatic carbocycles. The summed E-state index contributed by atoms with van der Waals surface area (Å²) in [4.78, 5) is 0. The molecule has 1 N–H and O–H groups in total. The van der Waals surface area contributed by atoms with Gasteiger partial charge in [-0.15, -0.1) is 0 Å². The number of benzene rings is 1. The van der Waals surface area contributed by atoms with E-state index in [0.29, 0.717) is 6.04 Å². The maximum atomic E-state index is 6.22. The summed E-state index contributed by atoms with van der Waals surface area (Å²) in [5, 5.41) is 5.14. The van der Waals surface area contributed by atoms with Gasteiger partial charge in [0.05, 0.1) is 0 Å². The first-order valence-electron chi connectivity index (χ1n) is 6.42. The van der Waals surface area contributed by atoms with Gasteiger partial charge in [-0.3, -0.25) is 0 Å². The summed E-state index contributed by atoms with van der Waals surface area (Å²) in [5.74, 6) is 2.26. The molecule has 0 radical (unpaired) electrons. The zero-order valence-electron chi connectivity index (χ0n) is 11.0. The Bertz CT molecular complexity index is 350. The van der Waals surface area contributed by atoms with Gasteiger partial charge in [0.2, 0.25) is 0 Å². The van der Waals surface area contributed by atoms with E-state index in [2.05, 4.69) is 19.2 Å². The van der Waals surface area contributed by atoms with E-state index in [9.17, 15) is 0 Å². The van der Waals surface area contributed by atoms with Gasteiger partial charge in [0.25, 0.3) is 0 Å². The molecule has 0 saturated heterocycles. The molecule has 1 atom stereocenters. The van der Waals surface area contributed by atoms with Crippen LogP contribution in [0.5, 0.6) is 0 Å². The summed E-state index contributed by atoms with van der Waals surface area (Å²) in [6.07, 6.45) is 2.09. The van der Waals surface area contributed by atoms with Crippen molar-refractivity contribution in [2.75, 3.05) is 18.1 Å². The average Bonchev–Trinajstić information content (AvgIpc) is 2.37. The SMILES string of the molecule is CCCNC(CSCC)Cc1cc(Cl)ccc1Cl. The average molecular weight is 306 g/mol. The van der Waals surface area contributed by atoms with Gasteiger partial charge in [-0.1, -0.05) is 37.0 Å². The van der Waals surface area contributed by atoms with Gasteiger partial charge in [0, 0.05) is 21.8 Å². The summed E-state index contributed by atoms with van der Waals surface area (Å²) >= 11 is 14.2. The molecule has 18 heavy (non-hydrogen) atoms. The monoisotopic (exact) mass is 305 g/mol. The minimum absolute atomic E-state index is 0.464. The summed E-state index contributed by atoms with van der Waals surface area (Å²) in [5.41, 5.74) is 1.13. The van der Waals surface area contributed by atoms with Gasteiger partial charge < -0.3 is 5.32 Å². The summed E-state index contributed by atoms with van der Waals surface area (Å²) < 4.78 is 0. The Morgan fingerprint density at radius 2 is 2.06 bits per heavy atom. The predicted molar refractivity (Wildman–Crippen MR) is 85.2 cm³/mol. The zero-order valence-corrected chi connectivity index (χ0v) is 13.3. The van der Waals surface area contributed by atoms with E-state index >= 15 is 0 Å². The second-order valence-corrected chi connectivity index (χ2v) is 6.41. The number of hydrogen-bond acceptors (Lipinski definition) is 2. The van der Waals surface area contributed by atoms with Crippen LogP contribution in [-0.4, -0.2) is 24.1 Å². The number of nitrogens with one attached hydrogen (secondary N) is 1. The van der Waals surface area contributed by atoms with Crippen molar-refractivity contribution in [3.05, 3.63) is 33.8 Å². The van der Waals surface area contributed by atoms with Crippen molar-refractivity contribution >= 4 is 35.0 Å². The molecule has 1 rings (SSSR count). The Labute approximate surface area is 125 Å². The second-order valence-electron chi connectivity index (χ2n) is 4.25. The normalized spacial score (nSPS) is 12.7. The lowest BCUT2D eigenvalue weighted by Gasteiger charge is -2.19. The lowest BCUT2D eigenvalue weighted by molar-refractivity contribution is 0.550. The minimum atomic E-state index is 0.464. The lowest BCUT2D eigenvalue weighted by atomic mass is 10.1.